The average Bonchev–Trinajstić information content (AvgIpc) is 2.33. The largest absolute Gasteiger partial charge is 0.309 e. The number of nitrogens with one attached hydrogen (secondary N) is 2. The Kier molecular flexibility index (Phi) is 4.42. The highest BCUT2D eigenvalue weighted by atomic mass is 35.5. The molecule has 0 atom stereocenters. The predicted octanol–water partition coefficient (Wildman–Crippen LogP) is 0.711. The van der Waals surface area contributed by atoms with Crippen molar-refractivity contribution in [1.82, 2.24) is 15.3 Å². The van der Waals surface area contributed by atoms with Crippen molar-refractivity contribution >= 4 is 32.3 Å². The van der Waals surface area contributed by atoms with Gasteiger partial charge in [0.25, 0.3) is 5.56 Å². The Bertz CT molecular complexity index is 786. The van der Waals surface area contributed by atoms with Gasteiger partial charge in [0.05, 0.1) is 23.2 Å². The molecule has 2 rings (SSSR count). The first kappa shape index (κ1) is 15.0. The van der Waals surface area contributed by atoms with E-state index >= 15 is 0 Å². The summed E-state index contributed by atoms with van der Waals surface area (Å²) in [5.74, 6) is 0.481. The number of fused-ring (bicyclic) bond motifs is 1. The Balaban J connectivity index is 2.13. The molecule has 0 bridgehead atoms. The van der Waals surface area contributed by atoms with Crippen molar-refractivity contribution in [2.45, 2.75) is 6.54 Å². The summed E-state index contributed by atoms with van der Waals surface area (Å²) < 4.78 is 22.0. The summed E-state index contributed by atoms with van der Waals surface area (Å²) in [6.07, 6.45) is 1.17. The van der Waals surface area contributed by atoms with Crippen LogP contribution in [0.5, 0.6) is 0 Å². The summed E-state index contributed by atoms with van der Waals surface area (Å²) >= 11 is 5.87. The van der Waals surface area contributed by atoms with Gasteiger partial charge < -0.3 is 10.3 Å². The lowest BCUT2D eigenvalue weighted by Crippen LogP contribution is -2.24. The van der Waals surface area contributed by atoms with Crippen LogP contribution in [0.15, 0.2) is 23.0 Å². The first-order chi connectivity index (χ1) is 9.35. The van der Waals surface area contributed by atoms with Crippen molar-refractivity contribution in [3.63, 3.8) is 0 Å². The molecule has 6 nitrogen and oxygen atoms in total. The molecule has 8 heteroatoms. The van der Waals surface area contributed by atoms with E-state index in [1.54, 1.807) is 18.2 Å². The number of aromatic nitrogens is 2. The molecule has 0 aliphatic rings. The van der Waals surface area contributed by atoms with Gasteiger partial charge in [-0.05, 0) is 18.2 Å². The zero-order valence-electron chi connectivity index (χ0n) is 10.8. The number of aromatic amines is 1. The van der Waals surface area contributed by atoms with E-state index in [0.717, 1.165) is 0 Å². The molecule has 0 fully saturated rings. The molecule has 2 N–H and O–H groups in total. The van der Waals surface area contributed by atoms with Crippen LogP contribution >= 0.6 is 11.6 Å². The fourth-order valence-corrected chi connectivity index (χ4v) is 2.39. The van der Waals surface area contributed by atoms with Gasteiger partial charge in [-0.2, -0.15) is 0 Å². The lowest BCUT2D eigenvalue weighted by molar-refractivity contribution is 0.595. The van der Waals surface area contributed by atoms with Crippen LogP contribution < -0.4 is 10.9 Å². The zero-order chi connectivity index (χ0) is 14.8. The standard InChI is InChI=1S/C12H14ClN3O3S/c1-20(18,19)5-4-14-7-11-15-10-6-8(13)2-3-9(10)12(17)16-11/h2-3,6,14H,4-5,7H2,1H3,(H,15,16,17). The monoisotopic (exact) mass is 315 g/mol. The van der Waals surface area contributed by atoms with Crippen LogP contribution in [-0.2, 0) is 16.4 Å². The van der Waals surface area contributed by atoms with E-state index in [-0.39, 0.29) is 17.9 Å². The third-order valence-electron chi connectivity index (χ3n) is 2.66. The first-order valence-electron chi connectivity index (χ1n) is 5.92. The lowest BCUT2D eigenvalue weighted by Gasteiger charge is -2.05. The number of sulfone groups is 1. The number of halogens is 1. The topological polar surface area (TPSA) is 91.9 Å². The third-order valence-corrected chi connectivity index (χ3v) is 3.84. The van der Waals surface area contributed by atoms with Gasteiger partial charge in [-0.25, -0.2) is 13.4 Å². The number of hydrogen-bond acceptors (Lipinski definition) is 5. The molecule has 0 saturated carbocycles. The molecule has 0 spiro atoms. The smallest absolute Gasteiger partial charge is 0.258 e. The molecule has 1 heterocycles. The Morgan fingerprint density at radius 2 is 2.15 bits per heavy atom. The van der Waals surface area contributed by atoms with E-state index in [9.17, 15) is 13.2 Å². The Labute approximate surface area is 121 Å². The number of rotatable bonds is 5. The number of H-pyrrole nitrogens is 1. The number of nitrogens with zero attached hydrogens (tertiary/aromatic N) is 1. The second-order valence-electron chi connectivity index (χ2n) is 4.48. The Morgan fingerprint density at radius 1 is 1.40 bits per heavy atom. The highest BCUT2D eigenvalue weighted by molar-refractivity contribution is 7.90. The van der Waals surface area contributed by atoms with Gasteiger partial charge in [0.1, 0.15) is 15.7 Å². The van der Waals surface area contributed by atoms with Crippen LogP contribution in [-0.4, -0.2) is 36.9 Å². The maximum absolute atomic E-state index is 11.8. The molecule has 0 amide bonds. The van der Waals surface area contributed by atoms with Crippen LogP contribution in [0.2, 0.25) is 5.02 Å². The van der Waals surface area contributed by atoms with E-state index in [0.29, 0.717) is 28.3 Å². The summed E-state index contributed by atoms with van der Waals surface area (Å²) in [6.45, 7) is 0.587. The minimum Gasteiger partial charge on any atom is -0.309 e. The summed E-state index contributed by atoms with van der Waals surface area (Å²) in [6, 6.07) is 4.86. The number of hydrogen-bond donors (Lipinski definition) is 2. The van der Waals surface area contributed by atoms with Gasteiger partial charge in [0, 0.05) is 17.8 Å². The van der Waals surface area contributed by atoms with E-state index < -0.39 is 9.84 Å². The Hall–Kier alpha value is -1.44. The SMILES string of the molecule is CS(=O)(=O)CCNCc1nc2cc(Cl)ccc2c(=O)[nH]1. The molecule has 0 unspecified atom stereocenters. The van der Waals surface area contributed by atoms with Crippen molar-refractivity contribution in [2.75, 3.05) is 18.6 Å². The minimum atomic E-state index is -3.00. The Morgan fingerprint density at radius 3 is 2.85 bits per heavy atom. The molecule has 20 heavy (non-hydrogen) atoms. The fraction of sp³-hybridized carbons (Fsp3) is 0.333. The lowest BCUT2D eigenvalue weighted by atomic mass is 10.2. The van der Waals surface area contributed by atoms with E-state index in [1.165, 1.54) is 6.26 Å². The molecular weight excluding hydrogens is 302 g/mol. The van der Waals surface area contributed by atoms with Gasteiger partial charge in [-0.15, -0.1) is 0 Å². The molecule has 1 aromatic heterocycles. The fourth-order valence-electron chi connectivity index (χ4n) is 1.71. The predicted molar refractivity (Wildman–Crippen MR) is 78.8 cm³/mol. The normalized spacial score (nSPS) is 11.9. The molecule has 108 valence electrons. The molecular formula is C12H14ClN3O3S. The van der Waals surface area contributed by atoms with Crippen LogP contribution in [0.25, 0.3) is 10.9 Å². The van der Waals surface area contributed by atoms with E-state index in [1.807, 2.05) is 0 Å². The quantitative estimate of drug-likeness (QED) is 0.793. The van der Waals surface area contributed by atoms with Crippen molar-refractivity contribution in [2.24, 2.45) is 0 Å². The van der Waals surface area contributed by atoms with Crippen molar-refractivity contribution in [3.05, 3.63) is 39.4 Å². The maximum atomic E-state index is 11.8. The molecule has 2 aromatic rings. The molecule has 0 radical (unpaired) electrons. The van der Waals surface area contributed by atoms with Crippen molar-refractivity contribution in [1.29, 1.82) is 0 Å². The van der Waals surface area contributed by atoms with Gasteiger partial charge in [0.2, 0.25) is 0 Å². The highest BCUT2D eigenvalue weighted by Gasteiger charge is 2.05. The van der Waals surface area contributed by atoms with Gasteiger partial charge in [-0.1, -0.05) is 11.6 Å². The minimum absolute atomic E-state index is 0.0383. The van der Waals surface area contributed by atoms with Crippen molar-refractivity contribution in [3.8, 4) is 0 Å². The zero-order valence-corrected chi connectivity index (χ0v) is 12.4. The molecule has 1 aromatic carbocycles. The van der Waals surface area contributed by atoms with E-state index in [4.69, 9.17) is 11.6 Å². The van der Waals surface area contributed by atoms with Gasteiger partial charge >= 0.3 is 0 Å². The summed E-state index contributed by atoms with van der Waals surface area (Å²) in [4.78, 5) is 18.8. The van der Waals surface area contributed by atoms with Crippen molar-refractivity contribution < 1.29 is 8.42 Å². The summed E-state index contributed by atoms with van der Waals surface area (Å²) in [5, 5.41) is 3.89. The third kappa shape index (κ3) is 4.03. The van der Waals surface area contributed by atoms with Gasteiger partial charge in [0.15, 0.2) is 0 Å². The van der Waals surface area contributed by atoms with E-state index in [2.05, 4.69) is 15.3 Å². The van der Waals surface area contributed by atoms with Crippen LogP contribution in [0.3, 0.4) is 0 Å². The van der Waals surface area contributed by atoms with Crippen LogP contribution in [0, 0.1) is 0 Å². The molecule has 0 aliphatic carbocycles. The molecule has 0 aliphatic heterocycles. The second kappa shape index (κ2) is 5.90. The maximum Gasteiger partial charge on any atom is 0.258 e. The average molecular weight is 316 g/mol. The summed E-state index contributed by atoms with van der Waals surface area (Å²) in [5.41, 5.74) is 0.271. The van der Waals surface area contributed by atoms with Crippen LogP contribution in [0.1, 0.15) is 5.82 Å². The molecule has 0 saturated heterocycles. The summed E-state index contributed by atoms with van der Waals surface area (Å²) in [7, 11) is -3.00. The first-order valence-corrected chi connectivity index (χ1v) is 8.36. The highest BCUT2D eigenvalue weighted by Crippen LogP contribution is 2.14. The number of benzene rings is 1. The second-order valence-corrected chi connectivity index (χ2v) is 7.18. The van der Waals surface area contributed by atoms with Gasteiger partial charge in [-0.3, -0.25) is 4.79 Å². The van der Waals surface area contributed by atoms with Crippen LogP contribution in [0.4, 0.5) is 0 Å².